The van der Waals surface area contributed by atoms with E-state index in [1.165, 1.54) is 0 Å². The van der Waals surface area contributed by atoms with Gasteiger partial charge in [0.15, 0.2) is 5.13 Å². The molecule has 1 saturated heterocycles. The van der Waals surface area contributed by atoms with Gasteiger partial charge in [0, 0.05) is 22.7 Å². The Morgan fingerprint density at radius 3 is 3.06 bits per heavy atom. The van der Waals surface area contributed by atoms with Crippen LogP contribution in [0.4, 0.5) is 4.39 Å². The Bertz CT molecular complexity index is 525. The third-order valence-electron chi connectivity index (χ3n) is 2.97. The molecule has 0 bridgehead atoms. The summed E-state index contributed by atoms with van der Waals surface area (Å²) in [6, 6.07) is 7.65. The van der Waals surface area contributed by atoms with E-state index in [4.69, 9.17) is 4.74 Å². The molecule has 2 unspecified atom stereocenters. The Hall–Kier alpha value is -1.13. The molecule has 3 rings (SSSR count). The van der Waals surface area contributed by atoms with Crippen LogP contribution in [0.5, 0.6) is 5.75 Å². The summed E-state index contributed by atoms with van der Waals surface area (Å²) in [7, 11) is 0. The number of ether oxygens (including phenoxy) is 1. The maximum atomic E-state index is 13.2. The third kappa shape index (κ3) is 1.58. The molecule has 2 heterocycles. The normalized spacial score (nSPS) is 24.4. The Morgan fingerprint density at radius 1 is 1.50 bits per heavy atom. The van der Waals surface area contributed by atoms with Crippen molar-refractivity contribution in [2.24, 2.45) is 0 Å². The van der Waals surface area contributed by atoms with Gasteiger partial charge in [-0.05, 0) is 25.1 Å². The molecule has 1 aromatic carbocycles. The highest BCUT2D eigenvalue weighted by Gasteiger charge is 2.28. The summed E-state index contributed by atoms with van der Waals surface area (Å²) in [5.74, 6) is 0.788. The van der Waals surface area contributed by atoms with Crippen molar-refractivity contribution >= 4 is 21.4 Å². The van der Waals surface area contributed by atoms with Gasteiger partial charge < -0.3 is 10.1 Å². The zero-order chi connectivity index (χ0) is 11.1. The van der Waals surface area contributed by atoms with Gasteiger partial charge in [-0.2, -0.15) is 4.39 Å². The quantitative estimate of drug-likeness (QED) is 0.867. The van der Waals surface area contributed by atoms with Crippen molar-refractivity contribution in [3.05, 3.63) is 29.4 Å². The van der Waals surface area contributed by atoms with Crippen molar-refractivity contribution in [3.8, 4) is 5.75 Å². The van der Waals surface area contributed by atoms with Crippen LogP contribution >= 0.6 is 11.3 Å². The monoisotopic (exact) mass is 237 g/mol. The topological polar surface area (TPSA) is 21.3 Å². The zero-order valence-electron chi connectivity index (χ0n) is 8.87. The van der Waals surface area contributed by atoms with Crippen molar-refractivity contribution in [1.82, 2.24) is 5.32 Å². The molecule has 0 radical (unpaired) electrons. The second-order valence-corrected chi connectivity index (χ2v) is 5.11. The summed E-state index contributed by atoms with van der Waals surface area (Å²) in [5, 5.41) is 3.95. The molecule has 2 aromatic rings. The summed E-state index contributed by atoms with van der Waals surface area (Å²) in [6.45, 7) is 2.95. The maximum absolute atomic E-state index is 13.2. The summed E-state index contributed by atoms with van der Waals surface area (Å²) in [4.78, 5) is 0. The number of halogens is 1. The molecule has 4 heteroatoms. The second-order valence-electron chi connectivity index (χ2n) is 4.07. The van der Waals surface area contributed by atoms with E-state index in [0.717, 1.165) is 33.7 Å². The fourth-order valence-corrected chi connectivity index (χ4v) is 2.67. The van der Waals surface area contributed by atoms with Gasteiger partial charge in [-0.15, -0.1) is 11.3 Å². The van der Waals surface area contributed by atoms with E-state index in [1.54, 1.807) is 6.07 Å². The number of benzene rings is 1. The molecule has 2 atom stereocenters. The van der Waals surface area contributed by atoms with Crippen LogP contribution in [0, 0.1) is 5.13 Å². The maximum Gasteiger partial charge on any atom is 0.177 e. The van der Waals surface area contributed by atoms with Crippen molar-refractivity contribution in [3.63, 3.8) is 0 Å². The molecular formula is C12H12FNOS. The van der Waals surface area contributed by atoms with Gasteiger partial charge in [0.1, 0.15) is 11.9 Å². The Kier molecular flexibility index (Phi) is 2.33. The summed E-state index contributed by atoms with van der Waals surface area (Å²) in [6.07, 6.45) is 0.202. The molecular weight excluding hydrogens is 225 g/mol. The largest absolute Gasteiger partial charge is 0.487 e. The van der Waals surface area contributed by atoms with Crippen LogP contribution in [0.2, 0.25) is 0 Å². The van der Waals surface area contributed by atoms with Crippen LogP contribution < -0.4 is 10.1 Å². The Labute approximate surface area is 97.0 Å². The second kappa shape index (κ2) is 3.71. The fraction of sp³-hybridized carbons (Fsp3) is 0.333. The van der Waals surface area contributed by atoms with E-state index in [9.17, 15) is 4.39 Å². The minimum atomic E-state index is -0.161. The summed E-state index contributed by atoms with van der Waals surface area (Å²) >= 11 is 1.16. The molecule has 0 amide bonds. The van der Waals surface area contributed by atoms with Crippen molar-refractivity contribution in [1.29, 1.82) is 0 Å². The number of rotatable bonds is 2. The SMILES string of the molecule is CC1NCC1Oc1cccc2sc(F)cc12. The van der Waals surface area contributed by atoms with Gasteiger partial charge in [0.2, 0.25) is 0 Å². The molecule has 1 aliphatic heterocycles. The number of thiophene rings is 1. The van der Waals surface area contributed by atoms with Crippen LogP contribution in [-0.4, -0.2) is 18.7 Å². The van der Waals surface area contributed by atoms with Crippen LogP contribution in [0.15, 0.2) is 24.3 Å². The molecule has 1 aliphatic rings. The minimum Gasteiger partial charge on any atom is -0.487 e. The fourth-order valence-electron chi connectivity index (χ4n) is 1.86. The lowest BCUT2D eigenvalue weighted by molar-refractivity contribution is 0.0955. The molecule has 84 valence electrons. The average molecular weight is 237 g/mol. The summed E-state index contributed by atoms with van der Waals surface area (Å²) in [5.41, 5.74) is 0. The lowest BCUT2D eigenvalue weighted by Gasteiger charge is -2.35. The highest BCUT2D eigenvalue weighted by molar-refractivity contribution is 7.17. The highest BCUT2D eigenvalue weighted by atomic mass is 32.1. The van der Waals surface area contributed by atoms with Crippen LogP contribution in [0.25, 0.3) is 10.1 Å². The zero-order valence-corrected chi connectivity index (χ0v) is 9.68. The Morgan fingerprint density at radius 2 is 2.38 bits per heavy atom. The Balaban J connectivity index is 1.96. The number of nitrogens with one attached hydrogen (secondary N) is 1. The van der Waals surface area contributed by atoms with Gasteiger partial charge in [-0.25, -0.2) is 0 Å². The van der Waals surface area contributed by atoms with Gasteiger partial charge in [0.25, 0.3) is 0 Å². The summed E-state index contributed by atoms with van der Waals surface area (Å²) < 4.78 is 20.0. The first-order chi connectivity index (χ1) is 7.74. The predicted molar refractivity (Wildman–Crippen MR) is 63.7 cm³/mol. The van der Waals surface area contributed by atoms with Crippen molar-refractivity contribution < 1.29 is 9.13 Å². The van der Waals surface area contributed by atoms with E-state index >= 15 is 0 Å². The molecule has 0 saturated carbocycles. The molecule has 0 spiro atoms. The van der Waals surface area contributed by atoms with Crippen molar-refractivity contribution in [2.75, 3.05) is 6.54 Å². The van der Waals surface area contributed by atoms with Crippen LogP contribution in [0.3, 0.4) is 0 Å². The van der Waals surface area contributed by atoms with E-state index in [1.807, 2.05) is 18.2 Å². The first kappa shape index (κ1) is 10.1. The molecule has 1 aromatic heterocycles. The highest BCUT2D eigenvalue weighted by Crippen LogP contribution is 2.33. The molecule has 1 fully saturated rings. The number of hydrogen-bond acceptors (Lipinski definition) is 3. The molecule has 1 N–H and O–H groups in total. The lowest BCUT2D eigenvalue weighted by atomic mass is 10.1. The third-order valence-corrected chi connectivity index (χ3v) is 3.86. The van der Waals surface area contributed by atoms with Gasteiger partial charge in [-0.1, -0.05) is 6.07 Å². The molecule has 2 nitrogen and oxygen atoms in total. The van der Waals surface area contributed by atoms with E-state index in [0.29, 0.717) is 6.04 Å². The van der Waals surface area contributed by atoms with Crippen molar-refractivity contribution in [2.45, 2.75) is 19.1 Å². The predicted octanol–water partition coefficient (Wildman–Crippen LogP) is 2.78. The minimum absolute atomic E-state index is 0.161. The van der Waals surface area contributed by atoms with Gasteiger partial charge in [-0.3, -0.25) is 0 Å². The van der Waals surface area contributed by atoms with E-state index in [-0.39, 0.29) is 11.2 Å². The van der Waals surface area contributed by atoms with E-state index < -0.39 is 0 Å². The first-order valence-corrected chi connectivity index (χ1v) is 6.14. The van der Waals surface area contributed by atoms with Gasteiger partial charge >= 0.3 is 0 Å². The molecule has 0 aliphatic carbocycles. The molecule has 16 heavy (non-hydrogen) atoms. The van der Waals surface area contributed by atoms with E-state index in [2.05, 4.69) is 12.2 Å². The number of fused-ring (bicyclic) bond motifs is 1. The lowest BCUT2D eigenvalue weighted by Crippen LogP contribution is -2.58. The average Bonchev–Trinajstić information content (AvgIpc) is 2.64. The number of hydrogen-bond donors (Lipinski definition) is 1. The smallest absolute Gasteiger partial charge is 0.177 e. The van der Waals surface area contributed by atoms with Crippen LogP contribution in [-0.2, 0) is 0 Å². The standard InChI is InChI=1S/C12H12FNOS/c1-7-10(6-14-7)15-9-3-2-4-11-8(9)5-12(13)16-11/h2-5,7,10,14H,6H2,1H3. The first-order valence-electron chi connectivity index (χ1n) is 5.32. The van der Waals surface area contributed by atoms with Crippen LogP contribution in [0.1, 0.15) is 6.92 Å². The van der Waals surface area contributed by atoms with Gasteiger partial charge in [0.05, 0.1) is 0 Å².